The van der Waals surface area contributed by atoms with Crippen molar-refractivity contribution < 1.29 is 8.81 Å². The van der Waals surface area contributed by atoms with Gasteiger partial charge in [-0.2, -0.15) is 0 Å². The summed E-state index contributed by atoms with van der Waals surface area (Å²) in [5, 5.41) is 3.24. The fourth-order valence-electron chi connectivity index (χ4n) is 1.92. The monoisotopic (exact) mass is 233 g/mol. The second-order valence-electron chi connectivity index (χ2n) is 3.98. The van der Waals surface area contributed by atoms with Gasteiger partial charge in [-0.1, -0.05) is 25.1 Å². The highest BCUT2D eigenvalue weighted by Gasteiger charge is 2.19. The molecule has 1 N–H and O–H groups in total. The Bertz CT molecular complexity index is 479. The Morgan fingerprint density at radius 2 is 2.12 bits per heavy atom. The summed E-state index contributed by atoms with van der Waals surface area (Å²) in [5.74, 6) is 0.561. The zero-order chi connectivity index (χ0) is 12.3. The Kier molecular flexibility index (Phi) is 3.59. The fraction of sp³-hybridized carbons (Fsp3) is 0.286. The van der Waals surface area contributed by atoms with Gasteiger partial charge in [-0.3, -0.25) is 0 Å². The number of hydrogen-bond donors (Lipinski definition) is 1. The van der Waals surface area contributed by atoms with Crippen LogP contribution in [0.2, 0.25) is 0 Å². The molecular formula is C14H16FNO. The third kappa shape index (κ3) is 2.39. The summed E-state index contributed by atoms with van der Waals surface area (Å²) < 4.78 is 19.5. The number of aryl methyl sites for hydroxylation is 1. The Morgan fingerprint density at radius 1 is 1.29 bits per heavy atom. The largest absolute Gasteiger partial charge is 0.467 e. The normalized spacial score (nSPS) is 12.6. The van der Waals surface area contributed by atoms with E-state index >= 15 is 0 Å². The van der Waals surface area contributed by atoms with Gasteiger partial charge in [-0.05, 0) is 31.2 Å². The fourth-order valence-corrected chi connectivity index (χ4v) is 1.92. The molecule has 17 heavy (non-hydrogen) atoms. The molecule has 0 saturated carbocycles. The third-order valence-electron chi connectivity index (χ3n) is 2.77. The van der Waals surface area contributed by atoms with E-state index in [2.05, 4.69) is 5.32 Å². The van der Waals surface area contributed by atoms with Crippen LogP contribution < -0.4 is 5.32 Å². The number of hydrogen-bond acceptors (Lipinski definition) is 2. The first-order valence-corrected chi connectivity index (χ1v) is 5.75. The van der Waals surface area contributed by atoms with Gasteiger partial charge >= 0.3 is 0 Å². The predicted molar refractivity (Wildman–Crippen MR) is 65.4 cm³/mol. The van der Waals surface area contributed by atoms with E-state index in [0.717, 1.165) is 12.3 Å². The van der Waals surface area contributed by atoms with Crippen LogP contribution >= 0.6 is 0 Å². The van der Waals surface area contributed by atoms with Crippen molar-refractivity contribution in [2.24, 2.45) is 0 Å². The highest BCUT2D eigenvalue weighted by Crippen LogP contribution is 2.26. The molecule has 1 unspecified atom stereocenters. The highest BCUT2D eigenvalue weighted by molar-refractivity contribution is 5.32. The van der Waals surface area contributed by atoms with Crippen LogP contribution in [0.15, 0.2) is 41.0 Å². The number of benzene rings is 1. The number of nitrogens with one attached hydrogen (secondary N) is 1. The smallest absolute Gasteiger partial charge is 0.131 e. The summed E-state index contributed by atoms with van der Waals surface area (Å²) >= 11 is 0. The average Bonchev–Trinajstić information content (AvgIpc) is 2.84. The zero-order valence-electron chi connectivity index (χ0n) is 10.0. The molecule has 0 amide bonds. The van der Waals surface area contributed by atoms with Crippen LogP contribution in [-0.2, 0) is 0 Å². The second kappa shape index (κ2) is 5.15. The third-order valence-corrected chi connectivity index (χ3v) is 2.77. The first kappa shape index (κ1) is 11.9. The summed E-state index contributed by atoms with van der Waals surface area (Å²) in [7, 11) is 0. The van der Waals surface area contributed by atoms with Crippen molar-refractivity contribution in [1.29, 1.82) is 0 Å². The summed E-state index contributed by atoms with van der Waals surface area (Å²) in [5.41, 5.74) is 1.28. The Labute approximate surface area is 100 Å². The van der Waals surface area contributed by atoms with E-state index in [1.165, 1.54) is 0 Å². The second-order valence-corrected chi connectivity index (χ2v) is 3.98. The maximum absolute atomic E-state index is 14.1. The van der Waals surface area contributed by atoms with Crippen molar-refractivity contribution in [3.63, 3.8) is 0 Å². The molecule has 2 aromatic rings. The van der Waals surface area contributed by atoms with Gasteiger partial charge in [0.15, 0.2) is 0 Å². The molecule has 0 aliphatic heterocycles. The Morgan fingerprint density at radius 3 is 2.76 bits per heavy atom. The van der Waals surface area contributed by atoms with Gasteiger partial charge in [0.1, 0.15) is 11.6 Å². The van der Waals surface area contributed by atoms with E-state index in [-0.39, 0.29) is 11.9 Å². The molecule has 0 radical (unpaired) electrons. The molecular weight excluding hydrogens is 217 g/mol. The van der Waals surface area contributed by atoms with Crippen LogP contribution in [0.5, 0.6) is 0 Å². The van der Waals surface area contributed by atoms with Crippen molar-refractivity contribution in [3.8, 4) is 0 Å². The van der Waals surface area contributed by atoms with Crippen LogP contribution in [0, 0.1) is 12.7 Å². The minimum atomic E-state index is -0.227. The van der Waals surface area contributed by atoms with Gasteiger partial charge in [-0.25, -0.2) is 4.39 Å². The van der Waals surface area contributed by atoms with E-state index in [1.54, 1.807) is 25.3 Å². The minimum absolute atomic E-state index is 0.171. The Balaban J connectivity index is 2.43. The lowest BCUT2D eigenvalue weighted by Gasteiger charge is -2.17. The van der Waals surface area contributed by atoms with Gasteiger partial charge < -0.3 is 9.73 Å². The lowest BCUT2D eigenvalue weighted by Crippen LogP contribution is -2.22. The zero-order valence-corrected chi connectivity index (χ0v) is 10.0. The van der Waals surface area contributed by atoms with Crippen LogP contribution in [-0.4, -0.2) is 6.54 Å². The molecule has 90 valence electrons. The molecule has 0 fully saturated rings. The summed E-state index contributed by atoms with van der Waals surface area (Å²) in [6.45, 7) is 4.51. The number of rotatable bonds is 4. The van der Waals surface area contributed by atoms with Crippen molar-refractivity contribution in [1.82, 2.24) is 5.32 Å². The van der Waals surface area contributed by atoms with Gasteiger partial charge in [0.25, 0.3) is 0 Å². The molecule has 2 nitrogen and oxygen atoms in total. The van der Waals surface area contributed by atoms with Crippen LogP contribution in [0.1, 0.15) is 29.9 Å². The van der Waals surface area contributed by atoms with Gasteiger partial charge in [-0.15, -0.1) is 0 Å². The van der Waals surface area contributed by atoms with Crippen molar-refractivity contribution >= 4 is 0 Å². The van der Waals surface area contributed by atoms with Crippen LogP contribution in [0.25, 0.3) is 0 Å². The van der Waals surface area contributed by atoms with Gasteiger partial charge in [0, 0.05) is 5.56 Å². The number of furan rings is 1. The molecule has 1 atom stereocenters. The van der Waals surface area contributed by atoms with Gasteiger partial charge in [0.2, 0.25) is 0 Å². The maximum atomic E-state index is 14.1. The SMILES string of the molecule is CCNC(c1ccco1)c1cccc(C)c1F. The lowest BCUT2D eigenvalue weighted by atomic mass is 10.0. The molecule has 0 saturated heterocycles. The molecule has 0 spiro atoms. The molecule has 0 bridgehead atoms. The molecule has 1 aromatic carbocycles. The van der Waals surface area contributed by atoms with E-state index < -0.39 is 0 Å². The summed E-state index contributed by atoms with van der Waals surface area (Å²) in [6, 6.07) is 8.86. The predicted octanol–water partition coefficient (Wildman–Crippen LogP) is 3.43. The maximum Gasteiger partial charge on any atom is 0.131 e. The van der Waals surface area contributed by atoms with Gasteiger partial charge in [0.05, 0.1) is 12.3 Å². The molecule has 0 aliphatic carbocycles. The Hall–Kier alpha value is -1.61. The first-order chi connectivity index (χ1) is 8.24. The van der Waals surface area contributed by atoms with Crippen molar-refractivity contribution in [2.45, 2.75) is 19.9 Å². The van der Waals surface area contributed by atoms with Crippen molar-refractivity contribution in [3.05, 3.63) is 59.3 Å². The standard InChI is InChI=1S/C14H16FNO/c1-3-16-14(12-8-5-9-17-12)11-7-4-6-10(2)13(11)15/h4-9,14,16H,3H2,1-2H3. The molecule has 3 heteroatoms. The van der Waals surface area contributed by atoms with E-state index in [0.29, 0.717) is 11.1 Å². The molecule has 1 heterocycles. The molecule has 1 aromatic heterocycles. The summed E-state index contributed by atoms with van der Waals surface area (Å²) in [6.07, 6.45) is 1.60. The number of halogens is 1. The van der Waals surface area contributed by atoms with Crippen LogP contribution in [0.4, 0.5) is 4.39 Å². The van der Waals surface area contributed by atoms with E-state index in [1.807, 2.05) is 25.1 Å². The average molecular weight is 233 g/mol. The molecule has 2 rings (SSSR count). The summed E-state index contributed by atoms with van der Waals surface area (Å²) in [4.78, 5) is 0. The van der Waals surface area contributed by atoms with E-state index in [9.17, 15) is 4.39 Å². The van der Waals surface area contributed by atoms with E-state index in [4.69, 9.17) is 4.42 Å². The van der Waals surface area contributed by atoms with Crippen molar-refractivity contribution in [2.75, 3.05) is 6.54 Å². The minimum Gasteiger partial charge on any atom is -0.467 e. The quantitative estimate of drug-likeness (QED) is 0.875. The molecule has 0 aliphatic rings. The highest BCUT2D eigenvalue weighted by atomic mass is 19.1. The first-order valence-electron chi connectivity index (χ1n) is 5.75. The topological polar surface area (TPSA) is 25.2 Å². The lowest BCUT2D eigenvalue weighted by molar-refractivity contribution is 0.441. The van der Waals surface area contributed by atoms with Crippen LogP contribution in [0.3, 0.4) is 0 Å².